The Morgan fingerprint density at radius 2 is 2.00 bits per heavy atom. The fraction of sp³-hybridized carbons (Fsp3) is 0.214. The topological polar surface area (TPSA) is 118 Å². The van der Waals surface area contributed by atoms with Crippen LogP contribution in [-0.4, -0.2) is 47.5 Å². The average molecular weight is 513 g/mol. The van der Waals surface area contributed by atoms with Gasteiger partial charge in [0.25, 0.3) is 0 Å². The van der Waals surface area contributed by atoms with E-state index in [-0.39, 0.29) is 13.2 Å². The number of nitrogens with one attached hydrogen (secondary N) is 1. The minimum absolute atomic E-state index is 0.0245. The van der Waals surface area contributed by atoms with Crippen LogP contribution in [0.3, 0.4) is 0 Å². The number of hydrogen-bond donors (Lipinski definition) is 1. The van der Waals surface area contributed by atoms with Crippen molar-refractivity contribution in [2.75, 3.05) is 25.6 Å². The van der Waals surface area contributed by atoms with E-state index >= 15 is 0 Å². The summed E-state index contributed by atoms with van der Waals surface area (Å²) in [6.07, 6.45) is 2.11. The van der Waals surface area contributed by atoms with Crippen LogP contribution in [0.1, 0.15) is 11.3 Å². The molecule has 192 valence electrons. The standard InChI is InChI=1S/C28H24N4O6/c1-15-8-19(26-21(9-15)32-25(34-3)12-30-26)24-10-20-22(38-24)6-7-23-27(20)35-13-18(37-23)14-36-28(33)31-17-5-4-16(2)29-11-17/h4-12,18H,13-14H2,1-3H3,(H,31,33)/t18-/m1/s1. The Balaban J connectivity index is 1.21. The van der Waals surface area contributed by atoms with Crippen LogP contribution in [-0.2, 0) is 4.74 Å². The number of rotatable bonds is 5. The molecule has 10 heteroatoms. The second-order valence-corrected chi connectivity index (χ2v) is 8.97. The maximum Gasteiger partial charge on any atom is 0.411 e. The van der Waals surface area contributed by atoms with Crippen LogP contribution in [0.25, 0.3) is 33.3 Å². The number of carbonyl (C=O) groups excluding carboxylic acids is 1. The molecular formula is C28H24N4O6. The van der Waals surface area contributed by atoms with Crippen molar-refractivity contribution in [3.8, 4) is 28.7 Å². The van der Waals surface area contributed by atoms with Crippen LogP contribution < -0.4 is 19.5 Å². The molecule has 0 spiro atoms. The number of ether oxygens (including phenoxy) is 4. The van der Waals surface area contributed by atoms with Crippen LogP contribution in [0.2, 0.25) is 0 Å². The highest BCUT2D eigenvalue weighted by Gasteiger charge is 2.26. The Kier molecular flexibility index (Phi) is 5.91. The quantitative estimate of drug-likeness (QED) is 0.328. The summed E-state index contributed by atoms with van der Waals surface area (Å²) in [7, 11) is 1.56. The zero-order valence-corrected chi connectivity index (χ0v) is 21.0. The van der Waals surface area contributed by atoms with Gasteiger partial charge in [0, 0.05) is 11.3 Å². The Morgan fingerprint density at radius 3 is 2.82 bits per heavy atom. The van der Waals surface area contributed by atoms with Gasteiger partial charge in [-0.05, 0) is 61.9 Å². The molecule has 0 unspecified atom stereocenters. The highest BCUT2D eigenvalue weighted by atomic mass is 16.6. The monoisotopic (exact) mass is 512 g/mol. The summed E-state index contributed by atoms with van der Waals surface area (Å²) in [5, 5.41) is 3.42. The Morgan fingerprint density at radius 1 is 1.11 bits per heavy atom. The number of aryl methyl sites for hydroxylation is 2. The van der Waals surface area contributed by atoms with Crippen molar-refractivity contribution in [3.05, 3.63) is 66.1 Å². The number of benzene rings is 2. The molecule has 38 heavy (non-hydrogen) atoms. The van der Waals surface area contributed by atoms with E-state index in [9.17, 15) is 4.79 Å². The molecule has 1 aliphatic heterocycles. The third-order valence-electron chi connectivity index (χ3n) is 6.12. The zero-order chi connectivity index (χ0) is 26.2. The molecule has 0 saturated heterocycles. The molecule has 6 rings (SSSR count). The molecule has 10 nitrogen and oxygen atoms in total. The molecular weight excluding hydrogens is 488 g/mol. The maximum absolute atomic E-state index is 12.2. The van der Waals surface area contributed by atoms with Gasteiger partial charge in [-0.3, -0.25) is 10.3 Å². The first kappa shape index (κ1) is 23.5. The SMILES string of the molecule is COc1cnc2c(-c3cc4c5c(ccc4o3)O[C@@H](COC(=O)Nc3ccc(C)nc3)CO5)cc(C)cc2n1. The minimum atomic E-state index is -0.592. The highest BCUT2D eigenvalue weighted by Crippen LogP contribution is 2.43. The molecule has 0 bridgehead atoms. The Bertz CT molecular complexity index is 1660. The van der Waals surface area contributed by atoms with E-state index in [0.717, 1.165) is 22.2 Å². The molecule has 1 atom stereocenters. The average Bonchev–Trinajstić information content (AvgIpc) is 3.37. The number of carbonyl (C=O) groups is 1. The van der Waals surface area contributed by atoms with Crippen LogP contribution in [0.4, 0.5) is 10.5 Å². The second-order valence-electron chi connectivity index (χ2n) is 8.97. The molecule has 2 aromatic carbocycles. The van der Waals surface area contributed by atoms with E-state index in [1.54, 1.807) is 37.7 Å². The molecule has 0 radical (unpaired) electrons. The van der Waals surface area contributed by atoms with Gasteiger partial charge >= 0.3 is 6.09 Å². The van der Waals surface area contributed by atoms with Crippen molar-refractivity contribution >= 4 is 33.8 Å². The molecule has 0 fully saturated rings. The normalized spacial score (nSPS) is 14.4. The molecule has 5 aromatic rings. The molecule has 1 amide bonds. The first-order valence-electron chi connectivity index (χ1n) is 12.0. The predicted molar refractivity (Wildman–Crippen MR) is 140 cm³/mol. The third-order valence-corrected chi connectivity index (χ3v) is 6.12. The molecule has 1 aliphatic rings. The molecule has 1 N–H and O–H groups in total. The number of nitrogens with zero attached hydrogens (tertiary/aromatic N) is 3. The van der Waals surface area contributed by atoms with Gasteiger partial charge < -0.3 is 23.4 Å². The molecule has 0 saturated carbocycles. The van der Waals surface area contributed by atoms with E-state index in [1.807, 2.05) is 38.1 Å². The third kappa shape index (κ3) is 4.52. The molecule has 4 heterocycles. The summed E-state index contributed by atoms with van der Waals surface area (Å²) < 4.78 is 28.9. The summed E-state index contributed by atoms with van der Waals surface area (Å²) in [6.45, 7) is 4.10. The zero-order valence-electron chi connectivity index (χ0n) is 21.0. The maximum atomic E-state index is 12.2. The van der Waals surface area contributed by atoms with Crippen LogP contribution >= 0.6 is 0 Å². The first-order chi connectivity index (χ1) is 18.5. The summed E-state index contributed by atoms with van der Waals surface area (Å²) in [5.41, 5.74) is 5.32. The Labute approximate surface area is 217 Å². The Hall–Kier alpha value is -4.86. The number of furan rings is 1. The lowest BCUT2D eigenvalue weighted by atomic mass is 10.1. The van der Waals surface area contributed by atoms with Gasteiger partial charge in [-0.15, -0.1) is 0 Å². The van der Waals surface area contributed by atoms with E-state index in [0.29, 0.717) is 45.4 Å². The van der Waals surface area contributed by atoms with Gasteiger partial charge in [-0.1, -0.05) is 0 Å². The summed E-state index contributed by atoms with van der Waals surface area (Å²) >= 11 is 0. The van der Waals surface area contributed by atoms with Crippen molar-refractivity contribution < 1.29 is 28.2 Å². The minimum Gasteiger partial charge on any atom is -0.485 e. The molecule has 3 aromatic heterocycles. The lowest BCUT2D eigenvalue weighted by Crippen LogP contribution is -2.35. The van der Waals surface area contributed by atoms with E-state index < -0.39 is 12.2 Å². The largest absolute Gasteiger partial charge is 0.485 e. The fourth-order valence-electron chi connectivity index (χ4n) is 4.31. The van der Waals surface area contributed by atoms with Gasteiger partial charge in [-0.2, -0.15) is 0 Å². The van der Waals surface area contributed by atoms with Gasteiger partial charge in [-0.25, -0.2) is 14.8 Å². The first-order valence-corrected chi connectivity index (χ1v) is 12.0. The number of pyridine rings is 1. The van der Waals surface area contributed by atoms with Gasteiger partial charge in [0.15, 0.2) is 17.6 Å². The van der Waals surface area contributed by atoms with Gasteiger partial charge in [0.2, 0.25) is 5.88 Å². The number of fused-ring (bicyclic) bond motifs is 4. The van der Waals surface area contributed by atoms with Crippen molar-refractivity contribution in [2.45, 2.75) is 20.0 Å². The summed E-state index contributed by atoms with van der Waals surface area (Å²) in [4.78, 5) is 25.4. The van der Waals surface area contributed by atoms with Crippen molar-refractivity contribution in [1.29, 1.82) is 0 Å². The van der Waals surface area contributed by atoms with E-state index in [4.69, 9.17) is 23.4 Å². The van der Waals surface area contributed by atoms with E-state index in [2.05, 4.69) is 20.3 Å². The lowest BCUT2D eigenvalue weighted by molar-refractivity contribution is 0.0382. The second kappa shape index (κ2) is 9.55. The predicted octanol–water partition coefficient (Wildman–Crippen LogP) is 5.45. The summed E-state index contributed by atoms with van der Waals surface area (Å²) in [6, 6.07) is 13.1. The van der Waals surface area contributed by atoms with E-state index in [1.165, 1.54) is 0 Å². The number of amides is 1. The highest BCUT2D eigenvalue weighted by molar-refractivity contribution is 5.96. The van der Waals surface area contributed by atoms with Crippen LogP contribution in [0, 0.1) is 13.8 Å². The number of aromatic nitrogens is 3. The van der Waals surface area contributed by atoms with Crippen molar-refractivity contribution in [1.82, 2.24) is 15.0 Å². The number of methoxy groups -OCH3 is 1. The van der Waals surface area contributed by atoms with Crippen LogP contribution in [0.15, 0.2) is 59.3 Å². The number of anilines is 1. The van der Waals surface area contributed by atoms with Gasteiger partial charge in [0.1, 0.15) is 24.6 Å². The molecule has 0 aliphatic carbocycles. The lowest BCUT2D eigenvalue weighted by Gasteiger charge is -2.26. The fourth-order valence-corrected chi connectivity index (χ4v) is 4.31. The van der Waals surface area contributed by atoms with Crippen molar-refractivity contribution in [3.63, 3.8) is 0 Å². The van der Waals surface area contributed by atoms with Crippen molar-refractivity contribution in [2.24, 2.45) is 0 Å². The van der Waals surface area contributed by atoms with Gasteiger partial charge in [0.05, 0.1) is 41.6 Å². The van der Waals surface area contributed by atoms with Crippen LogP contribution in [0.5, 0.6) is 17.4 Å². The summed E-state index contributed by atoms with van der Waals surface area (Å²) in [5.74, 6) is 2.21. The smallest absolute Gasteiger partial charge is 0.411 e. The number of hydrogen-bond acceptors (Lipinski definition) is 9.